The van der Waals surface area contributed by atoms with Gasteiger partial charge in [0.25, 0.3) is 0 Å². The summed E-state index contributed by atoms with van der Waals surface area (Å²) in [6.45, 7) is 12.7. The summed E-state index contributed by atoms with van der Waals surface area (Å²) in [5, 5.41) is 3.31. The average Bonchev–Trinajstić information content (AvgIpc) is 2.62. The molecule has 0 aromatic carbocycles. The van der Waals surface area contributed by atoms with Gasteiger partial charge in [-0.3, -0.25) is 4.79 Å². The Morgan fingerprint density at radius 1 is 1.35 bits per heavy atom. The van der Waals surface area contributed by atoms with Gasteiger partial charge in [-0.05, 0) is 65.1 Å². The van der Waals surface area contributed by atoms with Crippen molar-refractivity contribution in [3.63, 3.8) is 0 Å². The van der Waals surface area contributed by atoms with Crippen LogP contribution in [-0.2, 0) is 9.53 Å². The molecule has 0 amide bonds. The van der Waals surface area contributed by atoms with Crippen LogP contribution in [0.2, 0.25) is 0 Å². The van der Waals surface area contributed by atoms with Gasteiger partial charge in [0.1, 0.15) is 5.54 Å². The van der Waals surface area contributed by atoms with Gasteiger partial charge in [-0.1, -0.05) is 13.8 Å². The molecular formula is C16H32N2O2. The number of carbonyl (C=O) groups is 1. The number of carbonyl (C=O) groups excluding carboxylic acids is 1. The van der Waals surface area contributed by atoms with Crippen molar-refractivity contribution in [2.24, 2.45) is 5.92 Å². The monoisotopic (exact) mass is 284 g/mol. The Hall–Kier alpha value is -0.610. The lowest BCUT2D eigenvalue weighted by Crippen LogP contribution is -2.52. The Bertz CT molecular complexity index is 296. The molecule has 0 aliphatic carbocycles. The zero-order valence-electron chi connectivity index (χ0n) is 13.7. The number of likely N-dealkylation sites (N-methyl/N-ethyl adjacent to an activating group) is 1. The fraction of sp³-hybridized carbons (Fsp3) is 0.938. The first-order valence-corrected chi connectivity index (χ1v) is 8.16. The first-order valence-electron chi connectivity index (χ1n) is 8.16. The van der Waals surface area contributed by atoms with Crippen LogP contribution in [0, 0.1) is 5.92 Å². The van der Waals surface area contributed by atoms with Crippen molar-refractivity contribution in [1.82, 2.24) is 10.2 Å². The normalized spacial score (nSPS) is 23.9. The van der Waals surface area contributed by atoms with Crippen LogP contribution in [0.1, 0.15) is 53.4 Å². The standard InChI is InChI=1S/C16H32N2O2/c1-5-17-16(4,15(19)20-6-2)10-13-18-11-7-8-14(3)9-12-18/h14,17H,5-13H2,1-4H3. The summed E-state index contributed by atoms with van der Waals surface area (Å²) in [6.07, 6.45) is 4.70. The fourth-order valence-electron chi connectivity index (χ4n) is 2.87. The summed E-state index contributed by atoms with van der Waals surface area (Å²) in [5.74, 6) is 0.718. The highest BCUT2D eigenvalue weighted by molar-refractivity contribution is 5.80. The Balaban J connectivity index is 2.51. The molecule has 1 fully saturated rings. The van der Waals surface area contributed by atoms with Gasteiger partial charge in [-0.2, -0.15) is 0 Å². The quantitative estimate of drug-likeness (QED) is 0.729. The zero-order chi connectivity index (χ0) is 15.0. The summed E-state index contributed by atoms with van der Waals surface area (Å²) in [6, 6.07) is 0. The maximum absolute atomic E-state index is 12.1. The number of rotatable bonds is 7. The van der Waals surface area contributed by atoms with Gasteiger partial charge in [0.2, 0.25) is 0 Å². The third-order valence-electron chi connectivity index (χ3n) is 4.33. The van der Waals surface area contributed by atoms with Crippen LogP contribution in [0.25, 0.3) is 0 Å². The van der Waals surface area contributed by atoms with E-state index in [9.17, 15) is 4.79 Å². The second kappa shape index (κ2) is 8.63. The third-order valence-corrected chi connectivity index (χ3v) is 4.33. The topological polar surface area (TPSA) is 41.6 Å². The lowest BCUT2D eigenvalue weighted by atomic mass is 9.97. The molecular weight excluding hydrogens is 252 g/mol. The van der Waals surface area contributed by atoms with Crippen molar-refractivity contribution in [3.8, 4) is 0 Å². The summed E-state index contributed by atoms with van der Waals surface area (Å²) >= 11 is 0. The SMILES string of the molecule is CCNC(C)(CCN1CCCC(C)CC1)C(=O)OCC. The molecule has 0 aromatic heterocycles. The number of nitrogens with zero attached hydrogens (tertiary/aromatic N) is 1. The van der Waals surface area contributed by atoms with Crippen LogP contribution in [-0.4, -0.2) is 49.2 Å². The third kappa shape index (κ3) is 5.41. The van der Waals surface area contributed by atoms with Crippen molar-refractivity contribution in [2.75, 3.05) is 32.8 Å². The van der Waals surface area contributed by atoms with Gasteiger partial charge in [-0.25, -0.2) is 0 Å². The van der Waals surface area contributed by atoms with E-state index in [0.29, 0.717) is 6.61 Å². The molecule has 1 aliphatic rings. The predicted octanol–water partition coefficient (Wildman–Crippen LogP) is 2.43. The van der Waals surface area contributed by atoms with Crippen molar-refractivity contribution in [3.05, 3.63) is 0 Å². The molecule has 2 atom stereocenters. The first kappa shape index (κ1) is 17.4. The van der Waals surface area contributed by atoms with Gasteiger partial charge in [0.05, 0.1) is 6.61 Å². The maximum atomic E-state index is 12.1. The lowest BCUT2D eigenvalue weighted by Gasteiger charge is -2.31. The smallest absolute Gasteiger partial charge is 0.326 e. The molecule has 1 heterocycles. The molecule has 0 bridgehead atoms. The van der Waals surface area contributed by atoms with Crippen LogP contribution in [0.3, 0.4) is 0 Å². The maximum Gasteiger partial charge on any atom is 0.326 e. The zero-order valence-corrected chi connectivity index (χ0v) is 13.7. The molecule has 1 saturated heterocycles. The number of esters is 1. The molecule has 1 N–H and O–H groups in total. The van der Waals surface area contributed by atoms with E-state index in [0.717, 1.165) is 38.5 Å². The number of hydrogen-bond donors (Lipinski definition) is 1. The average molecular weight is 284 g/mol. The highest BCUT2D eigenvalue weighted by Gasteiger charge is 2.34. The highest BCUT2D eigenvalue weighted by Crippen LogP contribution is 2.19. The second-order valence-corrected chi connectivity index (χ2v) is 6.21. The minimum atomic E-state index is -0.553. The molecule has 1 aliphatic heterocycles. The van der Waals surface area contributed by atoms with E-state index in [4.69, 9.17) is 4.74 Å². The lowest BCUT2D eigenvalue weighted by molar-refractivity contribution is -0.151. The molecule has 118 valence electrons. The second-order valence-electron chi connectivity index (χ2n) is 6.21. The summed E-state index contributed by atoms with van der Waals surface area (Å²) in [4.78, 5) is 14.6. The van der Waals surface area contributed by atoms with Gasteiger partial charge in [0.15, 0.2) is 0 Å². The Labute approximate surface area is 124 Å². The van der Waals surface area contributed by atoms with Crippen LogP contribution in [0.5, 0.6) is 0 Å². The van der Waals surface area contributed by atoms with Crippen LogP contribution in [0.15, 0.2) is 0 Å². The van der Waals surface area contributed by atoms with E-state index in [1.54, 1.807) is 0 Å². The van der Waals surface area contributed by atoms with E-state index in [1.165, 1.54) is 19.3 Å². The number of nitrogens with one attached hydrogen (secondary N) is 1. The molecule has 4 nitrogen and oxygen atoms in total. The molecule has 0 saturated carbocycles. The molecule has 0 aromatic rings. The van der Waals surface area contributed by atoms with Crippen molar-refractivity contribution in [1.29, 1.82) is 0 Å². The Kier molecular flexibility index (Phi) is 7.52. The van der Waals surface area contributed by atoms with Gasteiger partial charge < -0.3 is 15.0 Å². The number of ether oxygens (including phenoxy) is 1. The molecule has 2 unspecified atom stereocenters. The molecule has 1 rings (SSSR count). The molecule has 4 heteroatoms. The molecule has 0 spiro atoms. The van der Waals surface area contributed by atoms with E-state index in [1.807, 2.05) is 20.8 Å². The van der Waals surface area contributed by atoms with Crippen LogP contribution < -0.4 is 5.32 Å². The van der Waals surface area contributed by atoms with E-state index >= 15 is 0 Å². The minimum absolute atomic E-state index is 0.120. The summed E-state index contributed by atoms with van der Waals surface area (Å²) in [7, 11) is 0. The van der Waals surface area contributed by atoms with E-state index in [2.05, 4.69) is 17.1 Å². The van der Waals surface area contributed by atoms with Gasteiger partial charge >= 0.3 is 5.97 Å². The Morgan fingerprint density at radius 3 is 2.75 bits per heavy atom. The van der Waals surface area contributed by atoms with Gasteiger partial charge in [-0.15, -0.1) is 0 Å². The van der Waals surface area contributed by atoms with Crippen molar-refractivity contribution >= 4 is 5.97 Å². The van der Waals surface area contributed by atoms with Crippen LogP contribution in [0.4, 0.5) is 0 Å². The summed E-state index contributed by atoms with van der Waals surface area (Å²) in [5.41, 5.74) is -0.553. The highest BCUT2D eigenvalue weighted by atomic mass is 16.5. The largest absolute Gasteiger partial charge is 0.465 e. The first-order chi connectivity index (χ1) is 9.51. The summed E-state index contributed by atoms with van der Waals surface area (Å²) < 4.78 is 5.22. The Morgan fingerprint density at radius 2 is 2.10 bits per heavy atom. The van der Waals surface area contributed by atoms with Gasteiger partial charge in [0, 0.05) is 6.54 Å². The fourth-order valence-corrected chi connectivity index (χ4v) is 2.87. The van der Waals surface area contributed by atoms with Crippen molar-refractivity contribution in [2.45, 2.75) is 58.9 Å². The molecule has 20 heavy (non-hydrogen) atoms. The minimum Gasteiger partial charge on any atom is -0.465 e. The predicted molar refractivity (Wildman–Crippen MR) is 82.8 cm³/mol. The van der Waals surface area contributed by atoms with Crippen molar-refractivity contribution < 1.29 is 9.53 Å². The molecule has 0 radical (unpaired) electrons. The number of likely N-dealkylation sites (tertiary alicyclic amines) is 1. The van der Waals surface area contributed by atoms with Crippen LogP contribution >= 0.6 is 0 Å². The number of hydrogen-bond acceptors (Lipinski definition) is 4. The van der Waals surface area contributed by atoms with E-state index < -0.39 is 5.54 Å². The van der Waals surface area contributed by atoms with E-state index in [-0.39, 0.29) is 5.97 Å².